The first-order valence-electron chi connectivity index (χ1n) is 11.5. The molecule has 1 fully saturated rings. The van der Waals surface area contributed by atoms with Gasteiger partial charge < -0.3 is 27.0 Å². The summed E-state index contributed by atoms with van der Waals surface area (Å²) in [4.78, 5) is 80.4. The number of anilines is 1. The van der Waals surface area contributed by atoms with E-state index in [-0.39, 0.29) is 58.4 Å². The maximum atomic E-state index is 13.1. The van der Waals surface area contributed by atoms with Crippen molar-refractivity contribution >= 4 is 79.4 Å². The van der Waals surface area contributed by atoms with Gasteiger partial charge in [-0.05, 0) is 17.7 Å². The smallest absolute Gasteiger partial charge is 1.00 e. The zero-order valence-corrected chi connectivity index (χ0v) is 27.0. The number of nitrogens with zero attached hydrogens (tertiary/aromatic N) is 4. The topological polar surface area (TPSA) is 266 Å². The molecule has 0 bridgehead atoms. The van der Waals surface area contributed by atoms with Gasteiger partial charge in [-0.2, -0.15) is 12.7 Å². The molecule has 4 amide bonds. The number of amides is 4. The molecule has 1 saturated heterocycles. The van der Waals surface area contributed by atoms with Gasteiger partial charge in [-0.3, -0.25) is 33.8 Å². The normalized spacial score (nSPS) is 16.1. The number of nitrogens with one attached hydrogen (secondary N) is 3. The SMILES string of the molecule is CNC(=O)C1C(NC(=O)/C(=N\OCC(=O)OCc2ccc([N+](=O)[O-])cc2)c2csc(NC(=O)CCl)n2)C(=O)N1S(=O)(=O)O.[H-].[Na+]. The summed E-state index contributed by atoms with van der Waals surface area (Å²) in [5.74, 6) is -5.59. The molecule has 3 rings (SSSR count). The second-order valence-corrected chi connectivity index (χ2v) is 10.6. The summed E-state index contributed by atoms with van der Waals surface area (Å²) in [6.07, 6.45) is 0. The molecule has 0 spiro atoms. The molecule has 1 aliphatic rings. The van der Waals surface area contributed by atoms with Crippen LogP contribution in [0.15, 0.2) is 34.8 Å². The number of nitro groups is 1. The number of likely N-dealkylation sites (N-methyl/N-ethyl adjacent to an activating group) is 1. The van der Waals surface area contributed by atoms with Crippen LogP contribution in [0.4, 0.5) is 10.8 Å². The third kappa shape index (κ3) is 9.14. The molecule has 2 aromatic rings. The number of halogens is 1. The summed E-state index contributed by atoms with van der Waals surface area (Å²) in [5, 5.41) is 22.1. The molecule has 1 aromatic heterocycles. The number of carbonyl (C=O) groups excluding carboxylic acids is 5. The van der Waals surface area contributed by atoms with Gasteiger partial charge in [0.05, 0.1) is 4.92 Å². The number of benzene rings is 1. The van der Waals surface area contributed by atoms with Gasteiger partial charge in [0.2, 0.25) is 18.4 Å². The van der Waals surface area contributed by atoms with Crippen LogP contribution >= 0.6 is 22.9 Å². The Morgan fingerprint density at radius 2 is 1.93 bits per heavy atom. The zero-order chi connectivity index (χ0) is 31.9. The van der Waals surface area contributed by atoms with Crippen molar-refractivity contribution in [3.05, 3.63) is 51.0 Å². The first-order valence-corrected chi connectivity index (χ1v) is 14.3. The molecule has 0 aliphatic carbocycles. The van der Waals surface area contributed by atoms with Crippen LogP contribution in [0.5, 0.6) is 0 Å². The number of aromatic nitrogens is 1. The molecule has 1 aliphatic heterocycles. The molecule has 2 unspecified atom stereocenters. The Balaban J connectivity index is 0.00000506. The molecule has 2 atom stereocenters. The molecule has 23 heteroatoms. The predicted molar refractivity (Wildman–Crippen MR) is 146 cm³/mol. The van der Waals surface area contributed by atoms with Gasteiger partial charge in [0.1, 0.15) is 24.2 Å². The number of rotatable bonds is 13. The van der Waals surface area contributed by atoms with E-state index in [0.717, 1.165) is 18.4 Å². The van der Waals surface area contributed by atoms with Crippen molar-refractivity contribution in [3.8, 4) is 0 Å². The minimum Gasteiger partial charge on any atom is -1.00 e. The van der Waals surface area contributed by atoms with Gasteiger partial charge in [0.15, 0.2) is 16.9 Å². The molecule has 0 radical (unpaired) electrons. The molecule has 4 N–H and O–H groups in total. The van der Waals surface area contributed by atoms with Crippen LogP contribution in [0.2, 0.25) is 0 Å². The Labute approximate surface area is 280 Å². The number of non-ortho nitro benzene ring substituents is 1. The summed E-state index contributed by atoms with van der Waals surface area (Å²) >= 11 is 6.29. The molecular formula is C21H21ClN7NaO12S2. The van der Waals surface area contributed by atoms with Gasteiger partial charge in [-0.25, -0.2) is 9.78 Å². The van der Waals surface area contributed by atoms with Crippen LogP contribution in [-0.4, -0.2) is 94.1 Å². The van der Waals surface area contributed by atoms with Gasteiger partial charge in [-0.1, -0.05) is 5.16 Å². The van der Waals surface area contributed by atoms with Gasteiger partial charge >= 0.3 is 45.8 Å². The standard InChI is InChI=1S/C21H20ClN7O12S2.Na.H/c1-23-19(33)17-16(20(34)28(17)43(37,38)39)26-18(32)15(12-9-42-21(24-12)25-13(30)6-22)27-41-8-14(31)40-7-10-2-4-11(5-3-10)29(35)36;;/h2-5,9,16-17H,6-8H2,1H3,(H,23,33)(H,26,32)(H,24,25,30)(H,37,38,39);;/q;+1;-1/b27-15-;;. The summed E-state index contributed by atoms with van der Waals surface area (Å²) in [7, 11) is -4.03. The fraction of sp³-hybridized carbons (Fsp3) is 0.286. The summed E-state index contributed by atoms with van der Waals surface area (Å²) < 4.78 is 37.2. The van der Waals surface area contributed by atoms with E-state index in [1.807, 2.05) is 0 Å². The van der Waals surface area contributed by atoms with Crippen molar-refractivity contribution in [2.75, 3.05) is 24.9 Å². The van der Waals surface area contributed by atoms with Crippen molar-refractivity contribution in [1.29, 1.82) is 0 Å². The summed E-state index contributed by atoms with van der Waals surface area (Å²) in [6.45, 7) is -1.12. The van der Waals surface area contributed by atoms with Crippen molar-refractivity contribution < 1.29 is 82.4 Å². The fourth-order valence-corrected chi connectivity index (χ4v) is 4.97. The number of thiazole rings is 1. The maximum absolute atomic E-state index is 13.1. The minimum atomic E-state index is -5.15. The second kappa shape index (κ2) is 15.8. The first kappa shape index (κ1) is 36.5. The fourth-order valence-electron chi connectivity index (χ4n) is 3.34. The van der Waals surface area contributed by atoms with E-state index in [2.05, 4.69) is 26.1 Å². The monoisotopic (exact) mass is 685 g/mol. The summed E-state index contributed by atoms with van der Waals surface area (Å²) in [5.41, 5.74) is -0.644. The third-order valence-corrected chi connectivity index (χ3v) is 7.22. The van der Waals surface area contributed by atoms with E-state index in [9.17, 15) is 47.1 Å². The molecule has 19 nitrogen and oxygen atoms in total. The Morgan fingerprint density at radius 1 is 1.27 bits per heavy atom. The minimum absolute atomic E-state index is 0. The van der Waals surface area contributed by atoms with E-state index < -0.39 is 75.1 Å². The third-order valence-electron chi connectivity index (χ3n) is 5.32. The largest absolute Gasteiger partial charge is 1.00 e. The molecule has 2 heterocycles. The number of alkyl halides is 1. The van der Waals surface area contributed by atoms with Crippen LogP contribution in [0, 0.1) is 10.1 Å². The van der Waals surface area contributed by atoms with Crippen LogP contribution in [0.1, 0.15) is 12.7 Å². The van der Waals surface area contributed by atoms with Crippen LogP contribution < -0.4 is 45.5 Å². The van der Waals surface area contributed by atoms with Gasteiger partial charge in [0.25, 0.3) is 17.5 Å². The second-order valence-electron chi connectivity index (χ2n) is 8.14. The van der Waals surface area contributed by atoms with Gasteiger partial charge in [0, 0.05) is 24.6 Å². The molecule has 232 valence electrons. The number of carbonyl (C=O) groups is 5. The van der Waals surface area contributed by atoms with E-state index in [1.54, 1.807) is 0 Å². The Hall–Kier alpha value is -3.73. The van der Waals surface area contributed by atoms with Crippen molar-refractivity contribution in [2.45, 2.75) is 18.7 Å². The number of ether oxygens (including phenoxy) is 1. The maximum Gasteiger partial charge on any atom is 1.00 e. The first-order chi connectivity index (χ1) is 20.3. The quantitative estimate of drug-likeness (QED) is 0.0230. The number of esters is 1. The Kier molecular flexibility index (Phi) is 13.1. The van der Waals surface area contributed by atoms with Crippen LogP contribution in [-0.2, 0) is 50.5 Å². The average Bonchev–Trinajstić information content (AvgIpc) is 3.42. The summed E-state index contributed by atoms with van der Waals surface area (Å²) in [6, 6.07) is 1.55. The number of nitro benzene ring substituents is 1. The van der Waals surface area contributed by atoms with E-state index in [0.29, 0.717) is 5.56 Å². The van der Waals surface area contributed by atoms with Crippen molar-refractivity contribution in [3.63, 3.8) is 0 Å². The van der Waals surface area contributed by atoms with E-state index in [1.165, 1.54) is 29.6 Å². The van der Waals surface area contributed by atoms with Crippen LogP contribution in [0.3, 0.4) is 0 Å². The number of β-lactam (4-membered cyclic amide) rings is 1. The zero-order valence-electron chi connectivity index (χ0n) is 23.6. The van der Waals surface area contributed by atoms with Crippen molar-refractivity contribution in [2.24, 2.45) is 5.16 Å². The molecule has 1 aromatic carbocycles. The molecule has 44 heavy (non-hydrogen) atoms. The van der Waals surface area contributed by atoms with E-state index in [4.69, 9.17) is 21.2 Å². The van der Waals surface area contributed by atoms with Crippen molar-refractivity contribution in [1.82, 2.24) is 19.9 Å². The molecular weight excluding hydrogens is 665 g/mol. The number of hydrogen-bond acceptors (Lipinski definition) is 14. The van der Waals surface area contributed by atoms with Gasteiger partial charge in [-0.15, -0.1) is 22.9 Å². The van der Waals surface area contributed by atoms with Crippen LogP contribution in [0.25, 0.3) is 0 Å². The average molecular weight is 686 g/mol. The van der Waals surface area contributed by atoms with E-state index >= 15 is 0 Å². The molecule has 0 saturated carbocycles. The predicted octanol–water partition coefficient (Wildman–Crippen LogP) is -3.95. The Bertz CT molecular complexity index is 1590. The number of hydrogen-bond donors (Lipinski definition) is 4. The Morgan fingerprint density at radius 3 is 2.50 bits per heavy atom. The number of oxime groups is 1.